The van der Waals surface area contributed by atoms with Gasteiger partial charge in [0.25, 0.3) is 0 Å². The smallest absolute Gasteiger partial charge is 0.342 e. The van der Waals surface area contributed by atoms with Crippen LogP contribution < -0.4 is 10.7 Å². The quantitative estimate of drug-likeness (QED) is 0.588. The van der Waals surface area contributed by atoms with Crippen LogP contribution >= 0.6 is 15.9 Å². The molecule has 0 radical (unpaired) electrons. The molecule has 2 aromatic carbocycles. The van der Waals surface area contributed by atoms with Gasteiger partial charge in [0, 0.05) is 11.6 Å². The Morgan fingerprint density at radius 1 is 1.30 bits per heavy atom. The molecule has 0 aliphatic carbocycles. The number of halogens is 2. The molecule has 3 aromatic rings. The van der Waals surface area contributed by atoms with Crippen LogP contribution in [-0.4, -0.2) is 13.1 Å². The standard InChI is InChI=1S/C20H17BrFNO4/c1-10-7-12(19-13(8-10)16(24)9-17(21)27-19)11(2)23-15-6-4-5-14(22)18(15)20(25)26-3/h4-9,11,23H,1-3H3. The summed E-state index contributed by atoms with van der Waals surface area (Å²) in [4.78, 5) is 24.3. The van der Waals surface area contributed by atoms with Gasteiger partial charge in [0.2, 0.25) is 0 Å². The average molecular weight is 434 g/mol. The number of nitrogens with one attached hydrogen (secondary N) is 1. The zero-order valence-corrected chi connectivity index (χ0v) is 16.5. The molecule has 1 heterocycles. The Hall–Kier alpha value is -2.67. The van der Waals surface area contributed by atoms with E-state index in [9.17, 15) is 14.0 Å². The highest BCUT2D eigenvalue weighted by Crippen LogP contribution is 2.30. The lowest BCUT2D eigenvalue weighted by Gasteiger charge is -2.19. The number of aryl methyl sites for hydroxylation is 1. The highest BCUT2D eigenvalue weighted by atomic mass is 79.9. The van der Waals surface area contributed by atoms with Crippen LogP contribution in [0.1, 0.15) is 34.5 Å². The van der Waals surface area contributed by atoms with E-state index in [1.54, 1.807) is 12.1 Å². The highest BCUT2D eigenvalue weighted by Gasteiger charge is 2.21. The first-order chi connectivity index (χ1) is 12.8. The number of esters is 1. The van der Waals surface area contributed by atoms with Crippen LogP contribution in [0.15, 0.2) is 50.3 Å². The summed E-state index contributed by atoms with van der Waals surface area (Å²) in [6, 6.07) is 8.91. The summed E-state index contributed by atoms with van der Waals surface area (Å²) in [6.45, 7) is 3.71. The summed E-state index contributed by atoms with van der Waals surface area (Å²) in [5, 5.41) is 3.58. The number of ether oxygens (including phenoxy) is 1. The number of benzene rings is 2. The van der Waals surface area contributed by atoms with Gasteiger partial charge in [-0.2, -0.15) is 0 Å². The number of carbonyl (C=O) groups is 1. The van der Waals surface area contributed by atoms with Gasteiger partial charge in [-0.1, -0.05) is 12.1 Å². The van der Waals surface area contributed by atoms with Crippen LogP contribution in [-0.2, 0) is 4.74 Å². The zero-order chi connectivity index (χ0) is 19.7. The van der Waals surface area contributed by atoms with Crippen molar-refractivity contribution in [2.75, 3.05) is 12.4 Å². The minimum Gasteiger partial charge on any atom is -0.465 e. The molecule has 1 unspecified atom stereocenters. The lowest BCUT2D eigenvalue weighted by Crippen LogP contribution is -2.14. The number of anilines is 1. The number of carbonyl (C=O) groups excluding carboxylic acids is 1. The number of rotatable bonds is 4. The Labute approximate surface area is 163 Å². The van der Waals surface area contributed by atoms with Crippen molar-refractivity contribution in [1.29, 1.82) is 0 Å². The number of hydrogen-bond acceptors (Lipinski definition) is 5. The second-order valence-electron chi connectivity index (χ2n) is 6.17. The van der Waals surface area contributed by atoms with Gasteiger partial charge in [-0.05, 0) is 53.5 Å². The van der Waals surface area contributed by atoms with Crippen molar-refractivity contribution in [2.24, 2.45) is 0 Å². The topological polar surface area (TPSA) is 68.5 Å². The van der Waals surface area contributed by atoms with Crippen molar-refractivity contribution in [3.8, 4) is 0 Å². The third-order valence-electron chi connectivity index (χ3n) is 4.21. The van der Waals surface area contributed by atoms with E-state index in [1.807, 2.05) is 19.9 Å². The van der Waals surface area contributed by atoms with E-state index < -0.39 is 11.8 Å². The Morgan fingerprint density at radius 3 is 2.74 bits per heavy atom. The SMILES string of the molecule is COC(=O)c1c(F)cccc1NC(C)c1cc(C)cc2c(=O)cc(Br)oc12. The van der Waals surface area contributed by atoms with Crippen LogP contribution in [0.4, 0.5) is 10.1 Å². The molecule has 0 saturated heterocycles. The van der Waals surface area contributed by atoms with E-state index in [0.29, 0.717) is 26.9 Å². The second-order valence-corrected chi connectivity index (χ2v) is 6.95. The average Bonchev–Trinajstić information content (AvgIpc) is 2.61. The predicted molar refractivity (Wildman–Crippen MR) is 105 cm³/mol. The van der Waals surface area contributed by atoms with Crippen LogP contribution in [0.2, 0.25) is 0 Å². The number of fused-ring (bicyclic) bond motifs is 1. The fourth-order valence-electron chi connectivity index (χ4n) is 2.99. The molecule has 1 N–H and O–H groups in total. The van der Waals surface area contributed by atoms with Gasteiger partial charge in [0.1, 0.15) is 17.0 Å². The Morgan fingerprint density at radius 2 is 2.04 bits per heavy atom. The zero-order valence-electron chi connectivity index (χ0n) is 14.9. The summed E-state index contributed by atoms with van der Waals surface area (Å²) in [7, 11) is 1.20. The number of methoxy groups -OCH3 is 1. The van der Waals surface area contributed by atoms with E-state index >= 15 is 0 Å². The monoisotopic (exact) mass is 433 g/mol. The molecule has 1 aromatic heterocycles. The molecule has 3 rings (SSSR count). The van der Waals surface area contributed by atoms with Gasteiger partial charge in [0.05, 0.1) is 24.2 Å². The summed E-state index contributed by atoms with van der Waals surface area (Å²) in [6.07, 6.45) is 0. The van der Waals surface area contributed by atoms with Crippen molar-refractivity contribution in [2.45, 2.75) is 19.9 Å². The Kier molecular flexibility index (Phi) is 5.32. The van der Waals surface area contributed by atoms with Gasteiger partial charge >= 0.3 is 5.97 Å². The van der Waals surface area contributed by atoms with Crippen molar-refractivity contribution < 1.29 is 18.3 Å². The lowest BCUT2D eigenvalue weighted by atomic mass is 10.0. The first kappa shape index (κ1) is 19.1. The minimum absolute atomic E-state index is 0.165. The second kappa shape index (κ2) is 7.52. The molecule has 27 heavy (non-hydrogen) atoms. The summed E-state index contributed by atoms with van der Waals surface area (Å²) >= 11 is 3.20. The molecule has 0 saturated carbocycles. The molecule has 0 aliphatic rings. The van der Waals surface area contributed by atoms with Crippen LogP contribution in [0.25, 0.3) is 11.0 Å². The lowest BCUT2D eigenvalue weighted by molar-refractivity contribution is 0.0596. The fraction of sp³-hybridized carbons (Fsp3) is 0.200. The summed E-state index contributed by atoms with van der Waals surface area (Å²) < 4.78 is 24.9. The summed E-state index contributed by atoms with van der Waals surface area (Å²) in [5.74, 6) is -1.45. The molecule has 0 spiro atoms. The van der Waals surface area contributed by atoms with Gasteiger partial charge in [0.15, 0.2) is 10.1 Å². The van der Waals surface area contributed by atoms with Gasteiger partial charge in [-0.25, -0.2) is 9.18 Å². The van der Waals surface area contributed by atoms with Crippen molar-refractivity contribution in [3.05, 3.63) is 73.8 Å². The first-order valence-corrected chi connectivity index (χ1v) is 8.98. The van der Waals surface area contributed by atoms with Gasteiger partial charge in [-0.3, -0.25) is 4.79 Å². The van der Waals surface area contributed by atoms with Gasteiger partial charge in [-0.15, -0.1) is 0 Å². The molecular formula is C20H17BrFNO4. The van der Waals surface area contributed by atoms with Crippen LogP contribution in [0.3, 0.4) is 0 Å². The van der Waals surface area contributed by atoms with Crippen molar-refractivity contribution in [1.82, 2.24) is 0 Å². The maximum absolute atomic E-state index is 14.2. The van der Waals surface area contributed by atoms with E-state index in [4.69, 9.17) is 4.42 Å². The predicted octanol–water partition coefficient (Wildman–Crippen LogP) is 4.96. The minimum atomic E-state index is -0.772. The van der Waals surface area contributed by atoms with Crippen molar-refractivity contribution in [3.63, 3.8) is 0 Å². The molecule has 0 aliphatic heterocycles. The molecule has 7 heteroatoms. The van der Waals surface area contributed by atoms with E-state index in [-0.39, 0.29) is 17.0 Å². The third kappa shape index (κ3) is 3.73. The third-order valence-corrected chi connectivity index (χ3v) is 4.60. The normalized spacial score (nSPS) is 12.0. The van der Waals surface area contributed by atoms with E-state index in [1.165, 1.54) is 25.3 Å². The molecule has 0 amide bonds. The Bertz CT molecular complexity index is 1090. The van der Waals surface area contributed by atoms with E-state index in [0.717, 1.165) is 5.56 Å². The van der Waals surface area contributed by atoms with E-state index in [2.05, 4.69) is 26.0 Å². The fourth-order valence-corrected chi connectivity index (χ4v) is 3.36. The molecule has 1 atom stereocenters. The van der Waals surface area contributed by atoms with Crippen LogP contribution in [0, 0.1) is 12.7 Å². The van der Waals surface area contributed by atoms with Crippen molar-refractivity contribution >= 4 is 38.6 Å². The van der Waals surface area contributed by atoms with Crippen LogP contribution in [0.5, 0.6) is 0 Å². The Balaban J connectivity index is 2.11. The number of hydrogen-bond donors (Lipinski definition) is 1. The molecule has 5 nitrogen and oxygen atoms in total. The highest BCUT2D eigenvalue weighted by molar-refractivity contribution is 9.10. The molecule has 0 fully saturated rings. The first-order valence-electron chi connectivity index (χ1n) is 8.19. The molecular weight excluding hydrogens is 417 g/mol. The molecule has 140 valence electrons. The summed E-state index contributed by atoms with van der Waals surface area (Å²) in [5.41, 5.74) is 1.97. The maximum atomic E-state index is 14.2. The molecule has 0 bridgehead atoms. The largest absolute Gasteiger partial charge is 0.465 e. The maximum Gasteiger partial charge on any atom is 0.342 e. The van der Waals surface area contributed by atoms with Gasteiger partial charge < -0.3 is 14.5 Å².